The summed E-state index contributed by atoms with van der Waals surface area (Å²) in [7, 11) is 1.60. The molecule has 1 saturated heterocycles. The first-order valence-corrected chi connectivity index (χ1v) is 6.39. The number of carbonyl (C=O) groups is 1. The maximum Gasteiger partial charge on any atom is 0.304 e. The smallest absolute Gasteiger partial charge is 0.304 e. The van der Waals surface area contributed by atoms with E-state index in [2.05, 4.69) is 0 Å². The van der Waals surface area contributed by atoms with E-state index in [-0.39, 0.29) is 28.9 Å². The SMILES string of the molecule is COC1CCCN(C(=O)c2cccc(N)c2[N+](=O)[O-])C1. The number of amides is 1. The molecule has 2 rings (SSSR count). The highest BCUT2D eigenvalue weighted by molar-refractivity contribution is 6.00. The van der Waals surface area contributed by atoms with Crippen LogP contribution in [0.15, 0.2) is 18.2 Å². The number of nitro groups is 1. The third-order valence-electron chi connectivity index (χ3n) is 3.48. The number of benzene rings is 1. The number of likely N-dealkylation sites (tertiary alicyclic amines) is 1. The van der Waals surface area contributed by atoms with Gasteiger partial charge in [-0.2, -0.15) is 0 Å². The Morgan fingerprint density at radius 3 is 2.95 bits per heavy atom. The molecule has 108 valence electrons. The Morgan fingerprint density at radius 2 is 2.30 bits per heavy atom. The summed E-state index contributed by atoms with van der Waals surface area (Å²) < 4.78 is 5.26. The average molecular weight is 279 g/mol. The number of ether oxygens (including phenoxy) is 1. The number of nitrogen functional groups attached to an aromatic ring is 1. The molecule has 1 amide bonds. The van der Waals surface area contributed by atoms with Crippen molar-refractivity contribution in [3.05, 3.63) is 33.9 Å². The Morgan fingerprint density at radius 1 is 1.55 bits per heavy atom. The molecular formula is C13H17N3O4. The van der Waals surface area contributed by atoms with Crippen molar-refractivity contribution >= 4 is 17.3 Å². The molecule has 1 unspecified atom stereocenters. The molecule has 7 nitrogen and oxygen atoms in total. The molecule has 0 spiro atoms. The van der Waals surface area contributed by atoms with Gasteiger partial charge < -0.3 is 15.4 Å². The molecule has 0 aromatic heterocycles. The average Bonchev–Trinajstić information content (AvgIpc) is 2.45. The minimum Gasteiger partial charge on any atom is -0.393 e. The summed E-state index contributed by atoms with van der Waals surface area (Å²) in [6, 6.07) is 4.41. The first kappa shape index (κ1) is 14.3. The van der Waals surface area contributed by atoms with E-state index < -0.39 is 4.92 Å². The first-order valence-electron chi connectivity index (χ1n) is 6.39. The van der Waals surface area contributed by atoms with Crippen LogP contribution in [0.25, 0.3) is 0 Å². The Balaban J connectivity index is 2.29. The second-order valence-electron chi connectivity index (χ2n) is 4.75. The first-order chi connectivity index (χ1) is 9.54. The number of piperidine rings is 1. The maximum absolute atomic E-state index is 12.4. The lowest BCUT2D eigenvalue weighted by Gasteiger charge is -2.31. The van der Waals surface area contributed by atoms with Gasteiger partial charge in [-0.05, 0) is 25.0 Å². The molecule has 0 bridgehead atoms. The van der Waals surface area contributed by atoms with Crippen LogP contribution in [0.1, 0.15) is 23.2 Å². The van der Waals surface area contributed by atoms with Gasteiger partial charge in [0.2, 0.25) is 0 Å². The van der Waals surface area contributed by atoms with Crippen molar-refractivity contribution in [1.82, 2.24) is 4.90 Å². The van der Waals surface area contributed by atoms with Gasteiger partial charge in [0.1, 0.15) is 11.3 Å². The monoisotopic (exact) mass is 279 g/mol. The Hall–Kier alpha value is -2.15. The highest BCUT2D eigenvalue weighted by atomic mass is 16.6. The molecule has 1 heterocycles. The van der Waals surface area contributed by atoms with Gasteiger partial charge in [-0.25, -0.2) is 0 Å². The fraction of sp³-hybridized carbons (Fsp3) is 0.462. The molecule has 1 aliphatic heterocycles. The van der Waals surface area contributed by atoms with Crippen molar-refractivity contribution in [2.24, 2.45) is 0 Å². The van der Waals surface area contributed by atoms with Crippen molar-refractivity contribution in [3.63, 3.8) is 0 Å². The molecule has 1 atom stereocenters. The fourth-order valence-electron chi connectivity index (χ4n) is 2.42. The van der Waals surface area contributed by atoms with Crippen LogP contribution in [0.2, 0.25) is 0 Å². The lowest BCUT2D eigenvalue weighted by molar-refractivity contribution is -0.384. The number of carbonyl (C=O) groups excluding carboxylic acids is 1. The van der Waals surface area contributed by atoms with Crippen LogP contribution in [0, 0.1) is 10.1 Å². The van der Waals surface area contributed by atoms with E-state index in [1.165, 1.54) is 12.1 Å². The van der Waals surface area contributed by atoms with Crippen molar-refractivity contribution < 1.29 is 14.5 Å². The number of hydrogen-bond donors (Lipinski definition) is 1. The van der Waals surface area contributed by atoms with Crippen molar-refractivity contribution in [2.45, 2.75) is 18.9 Å². The number of nitrogens with zero attached hydrogens (tertiary/aromatic N) is 2. The van der Waals surface area contributed by atoms with E-state index in [1.54, 1.807) is 18.1 Å². The van der Waals surface area contributed by atoms with E-state index in [4.69, 9.17) is 10.5 Å². The lowest BCUT2D eigenvalue weighted by atomic mass is 10.1. The zero-order valence-electron chi connectivity index (χ0n) is 11.2. The number of para-hydroxylation sites is 1. The third kappa shape index (κ3) is 2.72. The summed E-state index contributed by atoms with van der Waals surface area (Å²) in [5, 5.41) is 11.1. The van der Waals surface area contributed by atoms with E-state index in [0.717, 1.165) is 12.8 Å². The van der Waals surface area contributed by atoms with Gasteiger partial charge in [-0.15, -0.1) is 0 Å². The van der Waals surface area contributed by atoms with Crippen LogP contribution < -0.4 is 5.73 Å². The fourth-order valence-corrected chi connectivity index (χ4v) is 2.42. The summed E-state index contributed by atoms with van der Waals surface area (Å²) in [6.07, 6.45) is 1.69. The molecule has 1 aromatic rings. The van der Waals surface area contributed by atoms with Crippen LogP contribution in [0.5, 0.6) is 0 Å². The highest BCUT2D eigenvalue weighted by Crippen LogP contribution is 2.28. The summed E-state index contributed by atoms with van der Waals surface area (Å²) >= 11 is 0. The van der Waals surface area contributed by atoms with Crippen LogP contribution in [0.3, 0.4) is 0 Å². The zero-order valence-corrected chi connectivity index (χ0v) is 11.2. The van der Waals surface area contributed by atoms with Crippen LogP contribution in [-0.4, -0.2) is 42.0 Å². The van der Waals surface area contributed by atoms with Gasteiger partial charge in [0.15, 0.2) is 0 Å². The number of rotatable bonds is 3. The number of anilines is 1. The quantitative estimate of drug-likeness (QED) is 0.512. The molecular weight excluding hydrogens is 262 g/mol. The summed E-state index contributed by atoms with van der Waals surface area (Å²) in [6.45, 7) is 1.02. The third-order valence-corrected chi connectivity index (χ3v) is 3.48. The van der Waals surface area contributed by atoms with E-state index >= 15 is 0 Å². The normalized spacial score (nSPS) is 18.9. The molecule has 1 fully saturated rings. The zero-order chi connectivity index (χ0) is 14.7. The van der Waals surface area contributed by atoms with Crippen LogP contribution >= 0.6 is 0 Å². The molecule has 0 aliphatic carbocycles. The summed E-state index contributed by atoms with van der Waals surface area (Å²) in [5.41, 5.74) is 5.32. The van der Waals surface area contributed by atoms with Crippen molar-refractivity contribution in [2.75, 3.05) is 25.9 Å². The molecule has 1 aliphatic rings. The van der Waals surface area contributed by atoms with Gasteiger partial charge in [-0.3, -0.25) is 14.9 Å². The van der Waals surface area contributed by atoms with E-state index in [9.17, 15) is 14.9 Å². The molecule has 7 heteroatoms. The minimum atomic E-state index is -0.611. The molecule has 2 N–H and O–H groups in total. The Bertz CT molecular complexity index is 532. The Kier molecular flexibility index (Phi) is 4.19. The number of hydrogen-bond acceptors (Lipinski definition) is 5. The van der Waals surface area contributed by atoms with Crippen molar-refractivity contribution in [1.29, 1.82) is 0 Å². The number of nitrogens with two attached hydrogens (primary N) is 1. The molecule has 20 heavy (non-hydrogen) atoms. The van der Waals surface area contributed by atoms with E-state index in [1.807, 2.05) is 0 Å². The van der Waals surface area contributed by atoms with E-state index in [0.29, 0.717) is 13.1 Å². The van der Waals surface area contributed by atoms with Gasteiger partial charge >= 0.3 is 5.69 Å². The predicted molar refractivity (Wildman–Crippen MR) is 73.4 cm³/mol. The predicted octanol–water partition coefficient (Wildman–Crippen LogP) is 1.43. The van der Waals surface area contributed by atoms with Crippen LogP contribution in [-0.2, 0) is 4.74 Å². The van der Waals surface area contributed by atoms with Gasteiger partial charge in [0.25, 0.3) is 5.91 Å². The number of methoxy groups -OCH3 is 1. The Labute approximate surface area is 116 Å². The largest absolute Gasteiger partial charge is 0.393 e. The van der Waals surface area contributed by atoms with Gasteiger partial charge in [-0.1, -0.05) is 6.07 Å². The molecule has 1 aromatic carbocycles. The van der Waals surface area contributed by atoms with Gasteiger partial charge in [0, 0.05) is 20.2 Å². The minimum absolute atomic E-state index is 0.00107. The van der Waals surface area contributed by atoms with Gasteiger partial charge in [0.05, 0.1) is 11.0 Å². The second kappa shape index (κ2) is 5.87. The second-order valence-corrected chi connectivity index (χ2v) is 4.75. The van der Waals surface area contributed by atoms with Crippen molar-refractivity contribution in [3.8, 4) is 0 Å². The molecule has 0 radical (unpaired) electrons. The van der Waals surface area contributed by atoms with Crippen LogP contribution in [0.4, 0.5) is 11.4 Å². The topological polar surface area (TPSA) is 98.7 Å². The highest BCUT2D eigenvalue weighted by Gasteiger charge is 2.30. The summed E-state index contributed by atoms with van der Waals surface area (Å²) in [4.78, 5) is 24.5. The summed E-state index contributed by atoms with van der Waals surface area (Å²) in [5.74, 6) is -0.370. The molecule has 0 saturated carbocycles. The standard InChI is InChI=1S/C13H17N3O4/c1-20-9-4-3-7-15(8-9)13(17)10-5-2-6-11(14)12(10)16(18)19/h2,5-6,9H,3-4,7-8,14H2,1H3. The number of nitro benzene ring substituents is 1. The lowest BCUT2D eigenvalue weighted by Crippen LogP contribution is -2.43. The maximum atomic E-state index is 12.4.